The molecular formula is C11H22N2O4. The van der Waals surface area contributed by atoms with E-state index >= 15 is 0 Å². The van der Waals surface area contributed by atoms with E-state index in [4.69, 9.17) is 9.84 Å². The van der Waals surface area contributed by atoms with Gasteiger partial charge in [-0.3, -0.25) is 0 Å². The number of likely N-dealkylation sites (N-methyl/N-ethyl adjacent to an activating group) is 1. The first-order valence-corrected chi connectivity index (χ1v) is 5.69. The van der Waals surface area contributed by atoms with Crippen molar-refractivity contribution in [1.29, 1.82) is 0 Å². The van der Waals surface area contributed by atoms with Crippen LogP contribution in [0.5, 0.6) is 0 Å². The summed E-state index contributed by atoms with van der Waals surface area (Å²) in [5.74, 6) is -1.01. The van der Waals surface area contributed by atoms with Crippen molar-refractivity contribution in [1.82, 2.24) is 10.2 Å². The highest BCUT2D eigenvalue weighted by Gasteiger charge is 2.22. The quantitative estimate of drug-likeness (QED) is 0.700. The zero-order valence-electron chi connectivity index (χ0n) is 10.9. The molecule has 0 aromatic heterocycles. The summed E-state index contributed by atoms with van der Waals surface area (Å²) >= 11 is 0. The fourth-order valence-corrected chi connectivity index (χ4v) is 1.35. The second-order valence-electron chi connectivity index (χ2n) is 4.04. The van der Waals surface area contributed by atoms with Gasteiger partial charge >= 0.3 is 12.0 Å². The van der Waals surface area contributed by atoms with Crippen LogP contribution in [0.25, 0.3) is 0 Å². The van der Waals surface area contributed by atoms with Crippen LogP contribution >= 0.6 is 0 Å². The predicted octanol–water partition coefficient (Wildman–Crippen LogP) is 0.916. The third-order valence-electron chi connectivity index (χ3n) is 2.56. The van der Waals surface area contributed by atoms with Crippen molar-refractivity contribution in [3.05, 3.63) is 0 Å². The van der Waals surface area contributed by atoms with Crippen LogP contribution in [0.2, 0.25) is 0 Å². The van der Waals surface area contributed by atoms with Crippen molar-refractivity contribution in [2.24, 2.45) is 0 Å². The molecule has 0 rings (SSSR count). The summed E-state index contributed by atoms with van der Waals surface area (Å²) in [6.07, 6.45) is 1.13. The molecule has 0 aromatic rings. The molecule has 0 aliphatic carbocycles. The number of aliphatic carboxylic acids is 1. The van der Waals surface area contributed by atoms with E-state index in [-0.39, 0.29) is 6.04 Å². The molecule has 0 aliphatic rings. The van der Waals surface area contributed by atoms with Crippen molar-refractivity contribution < 1.29 is 19.4 Å². The summed E-state index contributed by atoms with van der Waals surface area (Å²) in [4.78, 5) is 24.1. The number of nitrogens with zero attached hydrogens (tertiary/aromatic N) is 1. The van der Waals surface area contributed by atoms with E-state index in [1.54, 1.807) is 14.2 Å². The van der Waals surface area contributed by atoms with Gasteiger partial charge < -0.3 is 20.1 Å². The van der Waals surface area contributed by atoms with E-state index in [1.165, 1.54) is 4.90 Å². The number of carboxylic acid groups (broad SMARTS) is 1. The van der Waals surface area contributed by atoms with Gasteiger partial charge in [0.15, 0.2) is 0 Å². The number of hydrogen-bond donors (Lipinski definition) is 2. The lowest BCUT2D eigenvalue weighted by Crippen LogP contribution is -2.50. The number of carbonyl (C=O) groups excluding carboxylic acids is 1. The molecule has 0 saturated heterocycles. The number of amides is 2. The number of ether oxygens (including phenoxy) is 1. The number of urea groups is 1. The number of hydrogen-bond acceptors (Lipinski definition) is 3. The highest BCUT2D eigenvalue weighted by atomic mass is 16.5. The average molecular weight is 246 g/mol. The molecule has 17 heavy (non-hydrogen) atoms. The lowest BCUT2D eigenvalue weighted by molar-refractivity contribution is -0.139. The molecular weight excluding hydrogens is 224 g/mol. The topological polar surface area (TPSA) is 78.9 Å². The second-order valence-corrected chi connectivity index (χ2v) is 4.04. The van der Waals surface area contributed by atoms with Crippen LogP contribution in [-0.4, -0.2) is 54.9 Å². The summed E-state index contributed by atoms with van der Waals surface area (Å²) in [5.41, 5.74) is 0. The third-order valence-corrected chi connectivity index (χ3v) is 2.56. The van der Waals surface area contributed by atoms with E-state index < -0.39 is 18.0 Å². The number of carbonyl (C=O) groups is 2. The maximum absolute atomic E-state index is 11.7. The molecule has 0 spiro atoms. The van der Waals surface area contributed by atoms with Crippen molar-refractivity contribution in [2.75, 3.05) is 20.8 Å². The molecule has 0 bridgehead atoms. The average Bonchev–Trinajstić information content (AvgIpc) is 2.27. The molecule has 2 atom stereocenters. The normalized spacial score (nSPS) is 13.9. The second kappa shape index (κ2) is 7.89. The fourth-order valence-electron chi connectivity index (χ4n) is 1.35. The van der Waals surface area contributed by atoms with Gasteiger partial charge in [-0.25, -0.2) is 9.59 Å². The summed E-state index contributed by atoms with van der Waals surface area (Å²) < 4.78 is 4.94. The van der Waals surface area contributed by atoms with Crippen LogP contribution in [-0.2, 0) is 9.53 Å². The van der Waals surface area contributed by atoms with Gasteiger partial charge in [-0.15, -0.1) is 0 Å². The first kappa shape index (κ1) is 15.7. The molecule has 0 fully saturated rings. The summed E-state index contributed by atoms with van der Waals surface area (Å²) in [6, 6.07) is -1.32. The van der Waals surface area contributed by atoms with Crippen LogP contribution in [0.4, 0.5) is 4.79 Å². The van der Waals surface area contributed by atoms with Gasteiger partial charge in [-0.05, 0) is 13.3 Å². The van der Waals surface area contributed by atoms with Gasteiger partial charge in [0.05, 0.1) is 12.6 Å². The first-order valence-electron chi connectivity index (χ1n) is 5.69. The van der Waals surface area contributed by atoms with E-state index in [9.17, 15) is 9.59 Å². The fraction of sp³-hybridized carbons (Fsp3) is 0.818. The summed E-state index contributed by atoms with van der Waals surface area (Å²) in [7, 11) is 3.17. The Kier molecular flexibility index (Phi) is 7.29. The molecule has 0 aliphatic heterocycles. The Labute approximate surface area is 102 Å². The highest BCUT2D eigenvalue weighted by molar-refractivity contribution is 5.82. The van der Waals surface area contributed by atoms with Crippen LogP contribution < -0.4 is 5.32 Å². The monoisotopic (exact) mass is 246 g/mol. The molecule has 100 valence electrons. The highest BCUT2D eigenvalue weighted by Crippen LogP contribution is 2.01. The molecule has 0 radical (unpaired) electrons. The minimum atomic E-state index is -1.01. The minimum absolute atomic E-state index is 0.101. The third kappa shape index (κ3) is 5.53. The molecule has 6 nitrogen and oxygen atoms in total. The SMILES string of the molecule is CCCC(NC(=O)N(C)C(C)COC)C(=O)O. The van der Waals surface area contributed by atoms with Crippen LogP contribution in [0.1, 0.15) is 26.7 Å². The molecule has 0 heterocycles. The smallest absolute Gasteiger partial charge is 0.326 e. The van der Waals surface area contributed by atoms with Gasteiger partial charge in [0, 0.05) is 14.2 Å². The Morgan fingerprint density at radius 1 is 1.47 bits per heavy atom. The van der Waals surface area contributed by atoms with Crippen molar-refractivity contribution >= 4 is 12.0 Å². The lowest BCUT2D eigenvalue weighted by atomic mass is 10.2. The van der Waals surface area contributed by atoms with Gasteiger partial charge in [-0.1, -0.05) is 13.3 Å². The minimum Gasteiger partial charge on any atom is -0.480 e. The zero-order valence-corrected chi connectivity index (χ0v) is 10.9. The largest absolute Gasteiger partial charge is 0.480 e. The van der Waals surface area contributed by atoms with Gasteiger partial charge in [0.1, 0.15) is 6.04 Å². The number of nitrogens with one attached hydrogen (secondary N) is 1. The standard InChI is InChI=1S/C11H22N2O4/c1-5-6-9(10(14)15)12-11(16)13(3)8(2)7-17-4/h8-9H,5-7H2,1-4H3,(H,12,16)(H,14,15). The maximum Gasteiger partial charge on any atom is 0.326 e. The van der Waals surface area contributed by atoms with Gasteiger partial charge in [0.25, 0.3) is 0 Å². The summed E-state index contributed by atoms with van der Waals surface area (Å²) in [5, 5.41) is 11.4. The number of carboxylic acids is 1. The Morgan fingerprint density at radius 3 is 2.47 bits per heavy atom. The Hall–Kier alpha value is -1.30. The van der Waals surface area contributed by atoms with Gasteiger partial charge in [-0.2, -0.15) is 0 Å². The Morgan fingerprint density at radius 2 is 2.06 bits per heavy atom. The van der Waals surface area contributed by atoms with Crippen molar-refractivity contribution in [2.45, 2.75) is 38.8 Å². The molecule has 2 unspecified atom stereocenters. The maximum atomic E-state index is 11.7. The van der Waals surface area contributed by atoms with Crippen LogP contribution in [0, 0.1) is 0 Å². The lowest BCUT2D eigenvalue weighted by Gasteiger charge is -2.26. The molecule has 2 amide bonds. The summed E-state index contributed by atoms with van der Waals surface area (Å²) in [6.45, 7) is 4.12. The van der Waals surface area contributed by atoms with Crippen molar-refractivity contribution in [3.63, 3.8) is 0 Å². The zero-order chi connectivity index (χ0) is 13.4. The number of methoxy groups -OCH3 is 1. The van der Waals surface area contributed by atoms with E-state index in [0.29, 0.717) is 19.4 Å². The molecule has 2 N–H and O–H groups in total. The Balaban J connectivity index is 4.34. The molecule has 0 saturated carbocycles. The van der Waals surface area contributed by atoms with Gasteiger partial charge in [0.2, 0.25) is 0 Å². The first-order chi connectivity index (χ1) is 7.93. The van der Waals surface area contributed by atoms with Crippen LogP contribution in [0.3, 0.4) is 0 Å². The van der Waals surface area contributed by atoms with E-state index in [1.807, 2.05) is 13.8 Å². The molecule has 0 aromatic carbocycles. The Bertz CT molecular complexity index is 258. The molecule has 6 heteroatoms. The van der Waals surface area contributed by atoms with Crippen LogP contribution in [0.15, 0.2) is 0 Å². The number of rotatable bonds is 7. The van der Waals surface area contributed by atoms with E-state index in [0.717, 1.165) is 0 Å². The van der Waals surface area contributed by atoms with Crippen molar-refractivity contribution in [3.8, 4) is 0 Å². The predicted molar refractivity (Wildman–Crippen MR) is 64.0 cm³/mol. The van der Waals surface area contributed by atoms with E-state index in [2.05, 4.69) is 5.32 Å².